The largest absolute Gasteiger partial charge is 0.358 e. The molecule has 0 saturated heterocycles. The van der Waals surface area contributed by atoms with Crippen molar-refractivity contribution in [1.82, 2.24) is 10.7 Å². The fourth-order valence-corrected chi connectivity index (χ4v) is 1.79. The standard InChI is InChI=1S/C11H10Cl2N4O2S/c1-2-3-14-11(20)16-15-6-7-4-10(17(18)19)9(13)5-8(7)12/h2,4-6H,1,3H2,(H2,14,16,20). The van der Waals surface area contributed by atoms with E-state index in [1.165, 1.54) is 18.3 Å². The van der Waals surface area contributed by atoms with Gasteiger partial charge in [0.2, 0.25) is 0 Å². The van der Waals surface area contributed by atoms with Crippen LogP contribution in [0.2, 0.25) is 10.0 Å². The lowest BCUT2D eigenvalue weighted by Crippen LogP contribution is -2.31. The molecule has 0 heterocycles. The molecule has 0 aliphatic rings. The monoisotopic (exact) mass is 332 g/mol. The van der Waals surface area contributed by atoms with Crippen molar-refractivity contribution >= 4 is 52.4 Å². The summed E-state index contributed by atoms with van der Waals surface area (Å²) in [6.07, 6.45) is 2.95. The smallest absolute Gasteiger partial charge is 0.288 e. The van der Waals surface area contributed by atoms with Crippen LogP contribution in [0.4, 0.5) is 5.69 Å². The summed E-state index contributed by atoms with van der Waals surface area (Å²) in [5.74, 6) is 0. The Labute approximate surface area is 130 Å². The molecule has 0 atom stereocenters. The molecule has 0 saturated carbocycles. The molecule has 0 radical (unpaired) electrons. The number of nitro groups is 1. The van der Waals surface area contributed by atoms with Crippen LogP contribution in [0.15, 0.2) is 29.9 Å². The van der Waals surface area contributed by atoms with Gasteiger partial charge in [-0.05, 0) is 18.3 Å². The third kappa shape index (κ3) is 4.76. The topological polar surface area (TPSA) is 79.6 Å². The first-order chi connectivity index (χ1) is 9.45. The molecule has 0 aliphatic heterocycles. The highest BCUT2D eigenvalue weighted by atomic mass is 35.5. The summed E-state index contributed by atoms with van der Waals surface area (Å²) in [5.41, 5.74) is 2.64. The molecule has 0 amide bonds. The van der Waals surface area contributed by atoms with E-state index in [-0.39, 0.29) is 15.7 Å². The Kier molecular flexibility index (Phi) is 6.37. The van der Waals surface area contributed by atoms with Crippen LogP contribution in [-0.2, 0) is 0 Å². The van der Waals surface area contributed by atoms with E-state index in [2.05, 4.69) is 22.4 Å². The number of nitro benzene ring substituents is 1. The number of thiocarbonyl (C=S) groups is 1. The molecule has 0 bridgehead atoms. The minimum absolute atomic E-state index is 0.0340. The van der Waals surface area contributed by atoms with Gasteiger partial charge < -0.3 is 5.32 Å². The third-order valence-corrected chi connectivity index (χ3v) is 2.91. The zero-order valence-electron chi connectivity index (χ0n) is 10.1. The fraction of sp³-hybridized carbons (Fsp3) is 0.0909. The Morgan fingerprint density at radius 3 is 2.80 bits per heavy atom. The maximum atomic E-state index is 10.8. The second-order valence-corrected chi connectivity index (χ2v) is 4.67. The first kappa shape index (κ1) is 16.4. The van der Waals surface area contributed by atoms with Gasteiger partial charge in [0.25, 0.3) is 5.69 Å². The van der Waals surface area contributed by atoms with Crippen molar-refractivity contribution in [2.45, 2.75) is 0 Å². The zero-order chi connectivity index (χ0) is 15.1. The second-order valence-electron chi connectivity index (χ2n) is 3.45. The highest BCUT2D eigenvalue weighted by molar-refractivity contribution is 7.80. The first-order valence-electron chi connectivity index (χ1n) is 5.27. The average molecular weight is 333 g/mol. The molecule has 106 valence electrons. The van der Waals surface area contributed by atoms with Gasteiger partial charge in [0.1, 0.15) is 5.02 Å². The Morgan fingerprint density at radius 2 is 2.20 bits per heavy atom. The lowest BCUT2D eigenvalue weighted by atomic mass is 10.2. The van der Waals surface area contributed by atoms with E-state index >= 15 is 0 Å². The van der Waals surface area contributed by atoms with Gasteiger partial charge in [-0.3, -0.25) is 15.5 Å². The SMILES string of the molecule is C=CCNC(=S)NN=Cc1cc([N+](=O)[O-])c(Cl)cc1Cl. The Morgan fingerprint density at radius 1 is 1.50 bits per heavy atom. The Hall–Kier alpha value is -1.70. The van der Waals surface area contributed by atoms with Crippen LogP contribution in [-0.4, -0.2) is 22.8 Å². The second kappa shape index (κ2) is 7.78. The van der Waals surface area contributed by atoms with Crippen molar-refractivity contribution in [2.24, 2.45) is 5.10 Å². The van der Waals surface area contributed by atoms with Crippen molar-refractivity contribution in [3.8, 4) is 0 Å². The summed E-state index contributed by atoms with van der Waals surface area (Å²) < 4.78 is 0. The van der Waals surface area contributed by atoms with Gasteiger partial charge in [-0.15, -0.1) is 6.58 Å². The van der Waals surface area contributed by atoms with Crippen LogP contribution in [0.5, 0.6) is 0 Å². The lowest BCUT2D eigenvalue weighted by molar-refractivity contribution is -0.384. The van der Waals surface area contributed by atoms with Gasteiger partial charge in [-0.25, -0.2) is 0 Å². The van der Waals surface area contributed by atoms with Crippen LogP contribution in [0.3, 0.4) is 0 Å². The number of halogens is 2. The van der Waals surface area contributed by atoms with Crippen molar-refractivity contribution in [2.75, 3.05) is 6.54 Å². The summed E-state index contributed by atoms with van der Waals surface area (Å²) in [6, 6.07) is 2.52. The van der Waals surface area contributed by atoms with Gasteiger partial charge in [0.05, 0.1) is 16.2 Å². The van der Waals surface area contributed by atoms with E-state index in [1.807, 2.05) is 0 Å². The minimum atomic E-state index is -0.598. The molecule has 0 unspecified atom stereocenters. The molecule has 1 aromatic rings. The normalized spacial score (nSPS) is 10.3. The van der Waals surface area contributed by atoms with Crippen LogP contribution in [0.1, 0.15) is 5.56 Å². The molecule has 0 aromatic heterocycles. The van der Waals surface area contributed by atoms with E-state index in [9.17, 15) is 10.1 Å². The number of rotatable bonds is 5. The summed E-state index contributed by atoms with van der Waals surface area (Å²) in [7, 11) is 0. The van der Waals surface area contributed by atoms with E-state index in [0.29, 0.717) is 17.2 Å². The fourth-order valence-electron chi connectivity index (χ4n) is 1.16. The molecular formula is C11H10Cl2N4O2S. The van der Waals surface area contributed by atoms with Crippen LogP contribution in [0, 0.1) is 10.1 Å². The van der Waals surface area contributed by atoms with Crippen LogP contribution < -0.4 is 10.7 Å². The number of hydrogen-bond acceptors (Lipinski definition) is 4. The van der Waals surface area contributed by atoms with Crippen LogP contribution in [0.25, 0.3) is 0 Å². The van der Waals surface area contributed by atoms with Crippen molar-refractivity contribution in [3.63, 3.8) is 0 Å². The molecule has 6 nitrogen and oxygen atoms in total. The summed E-state index contributed by atoms with van der Waals surface area (Å²) >= 11 is 16.5. The van der Waals surface area contributed by atoms with Crippen molar-refractivity contribution < 1.29 is 4.92 Å². The van der Waals surface area contributed by atoms with Crippen molar-refractivity contribution in [1.29, 1.82) is 0 Å². The zero-order valence-corrected chi connectivity index (χ0v) is 12.4. The maximum absolute atomic E-state index is 10.8. The minimum Gasteiger partial charge on any atom is -0.358 e. The van der Waals surface area contributed by atoms with Gasteiger partial charge in [0, 0.05) is 18.2 Å². The summed E-state index contributed by atoms with van der Waals surface area (Å²) in [4.78, 5) is 10.2. The van der Waals surface area contributed by atoms with E-state index in [1.54, 1.807) is 6.08 Å². The maximum Gasteiger partial charge on any atom is 0.288 e. The van der Waals surface area contributed by atoms with Gasteiger partial charge >= 0.3 is 0 Å². The van der Waals surface area contributed by atoms with E-state index in [4.69, 9.17) is 35.4 Å². The predicted molar refractivity (Wildman–Crippen MR) is 84.6 cm³/mol. The lowest BCUT2D eigenvalue weighted by Gasteiger charge is -2.04. The molecular weight excluding hydrogens is 323 g/mol. The van der Waals surface area contributed by atoms with Gasteiger partial charge in [-0.1, -0.05) is 29.3 Å². The van der Waals surface area contributed by atoms with E-state index in [0.717, 1.165) is 0 Å². The predicted octanol–water partition coefficient (Wildman–Crippen LogP) is 2.89. The Bertz CT molecular complexity index is 578. The third-order valence-electron chi connectivity index (χ3n) is 2.04. The quantitative estimate of drug-likeness (QED) is 0.285. The van der Waals surface area contributed by atoms with Gasteiger partial charge in [-0.2, -0.15) is 5.10 Å². The van der Waals surface area contributed by atoms with Crippen molar-refractivity contribution in [3.05, 3.63) is 50.5 Å². The number of hydrazone groups is 1. The molecule has 0 fully saturated rings. The van der Waals surface area contributed by atoms with Gasteiger partial charge in [0.15, 0.2) is 5.11 Å². The molecule has 2 N–H and O–H groups in total. The number of benzene rings is 1. The number of hydrogen-bond donors (Lipinski definition) is 2. The van der Waals surface area contributed by atoms with E-state index < -0.39 is 4.92 Å². The number of nitrogens with one attached hydrogen (secondary N) is 2. The highest BCUT2D eigenvalue weighted by Gasteiger charge is 2.15. The average Bonchev–Trinajstić information content (AvgIpc) is 2.38. The molecule has 1 rings (SSSR count). The summed E-state index contributed by atoms with van der Waals surface area (Å²) in [6.45, 7) is 4.02. The first-order valence-corrected chi connectivity index (χ1v) is 6.43. The molecule has 0 spiro atoms. The summed E-state index contributed by atoms with van der Waals surface area (Å²) in [5, 5.41) is 17.9. The molecule has 20 heavy (non-hydrogen) atoms. The molecule has 9 heteroatoms. The Balaban J connectivity index is 2.81. The van der Waals surface area contributed by atoms with Crippen LogP contribution >= 0.6 is 35.4 Å². The highest BCUT2D eigenvalue weighted by Crippen LogP contribution is 2.29. The molecule has 1 aromatic carbocycles. The number of nitrogens with zero attached hydrogens (tertiary/aromatic N) is 2. The molecule has 0 aliphatic carbocycles.